The zero-order chi connectivity index (χ0) is 12.0. The first kappa shape index (κ1) is 12.0. The van der Waals surface area contributed by atoms with E-state index in [4.69, 9.17) is 10.00 Å². The molecule has 82 valence electrons. The Morgan fingerprint density at radius 2 is 2.25 bits per heavy atom. The van der Waals surface area contributed by atoms with Crippen LogP contribution < -0.4 is 0 Å². The summed E-state index contributed by atoms with van der Waals surface area (Å²) in [6.07, 6.45) is 2.87. The van der Waals surface area contributed by atoms with Crippen molar-refractivity contribution in [1.82, 2.24) is 0 Å². The summed E-state index contributed by atoms with van der Waals surface area (Å²) in [6, 6.07) is 9.05. The van der Waals surface area contributed by atoms with E-state index < -0.39 is 0 Å². The Balaban J connectivity index is 2.69. The minimum Gasteiger partial charge on any atom is -0.460 e. The summed E-state index contributed by atoms with van der Waals surface area (Å²) >= 11 is 0. The molecule has 16 heavy (non-hydrogen) atoms. The van der Waals surface area contributed by atoms with Gasteiger partial charge in [0.1, 0.15) is 0 Å². The van der Waals surface area contributed by atoms with Crippen LogP contribution in [0.25, 0.3) is 6.08 Å². The van der Waals surface area contributed by atoms with Crippen LogP contribution in [0.15, 0.2) is 30.3 Å². The van der Waals surface area contributed by atoms with E-state index in [2.05, 4.69) is 0 Å². The number of hydrogen-bond acceptors (Lipinski definition) is 3. The topological polar surface area (TPSA) is 50.1 Å². The second-order valence-electron chi connectivity index (χ2n) is 3.56. The molecule has 1 rings (SSSR count). The maximum atomic E-state index is 11.2. The minimum absolute atomic E-state index is 0.123. The second-order valence-corrected chi connectivity index (χ2v) is 3.56. The molecule has 0 N–H and O–H groups in total. The lowest BCUT2D eigenvalue weighted by Gasteiger charge is -2.03. The Labute approximate surface area is 95.0 Å². The molecule has 0 aliphatic heterocycles. The molecule has 0 aromatic heterocycles. The summed E-state index contributed by atoms with van der Waals surface area (Å²) in [5.74, 6) is -0.377. The summed E-state index contributed by atoms with van der Waals surface area (Å²) < 4.78 is 4.94. The maximum absolute atomic E-state index is 11.2. The first-order valence-electron chi connectivity index (χ1n) is 5.00. The Morgan fingerprint density at radius 1 is 1.50 bits per heavy atom. The van der Waals surface area contributed by atoms with Crippen LogP contribution in [0.4, 0.5) is 0 Å². The summed E-state index contributed by atoms with van der Waals surface area (Å²) in [5, 5.41) is 8.69. The largest absolute Gasteiger partial charge is 0.460 e. The van der Waals surface area contributed by atoms with Crippen molar-refractivity contribution in [2.75, 3.05) is 0 Å². The highest BCUT2D eigenvalue weighted by atomic mass is 16.5. The molecule has 0 aliphatic carbocycles. The molecule has 0 unspecified atom stereocenters. The van der Waals surface area contributed by atoms with E-state index in [-0.39, 0.29) is 12.1 Å². The van der Waals surface area contributed by atoms with Crippen LogP contribution in [0.3, 0.4) is 0 Å². The molecule has 1 aromatic rings. The van der Waals surface area contributed by atoms with Crippen LogP contribution in [0.1, 0.15) is 25.0 Å². The van der Waals surface area contributed by atoms with E-state index in [1.807, 2.05) is 12.1 Å². The molecule has 0 spiro atoms. The molecule has 0 radical (unpaired) electrons. The summed E-state index contributed by atoms with van der Waals surface area (Å²) in [5.41, 5.74) is 1.37. The molecule has 0 amide bonds. The Kier molecular flexibility index (Phi) is 4.28. The zero-order valence-electron chi connectivity index (χ0n) is 9.31. The van der Waals surface area contributed by atoms with Crippen molar-refractivity contribution in [3.05, 3.63) is 41.5 Å². The molecule has 0 bridgehead atoms. The van der Waals surface area contributed by atoms with Gasteiger partial charge in [0.25, 0.3) is 0 Å². The van der Waals surface area contributed by atoms with E-state index in [1.54, 1.807) is 38.1 Å². The van der Waals surface area contributed by atoms with Crippen molar-refractivity contribution in [3.63, 3.8) is 0 Å². The smallest absolute Gasteiger partial charge is 0.331 e. The fourth-order valence-corrected chi connectivity index (χ4v) is 1.15. The van der Waals surface area contributed by atoms with Crippen molar-refractivity contribution in [1.29, 1.82) is 5.26 Å². The minimum atomic E-state index is -0.377. The van der Waals surface area contributed by atoms with Crippen LogP contribution in [-0.4, -0.2) is 12.1 Å². The number of carbonyl (C=O) groups excluding carboxylic acids is 1. The fraction of sp³-hybridized carbons (Fsp3) is 0.231. The molecule has 3 heteroatoms. The zero-order valence-corrected chi connectivity index (χ0v) is 9.31. The lowest BCUT2D eigenvalue weighted by Crippen LogP contribution is -2.08. The van der Waals surface area contributed by atoms with Gasteiger partial charge in [-0.3, -0.25) is 0 Å². The van der Waals surface area contributed by atoms with Gasteiger partial charge in [-0.05, 0) is 37.6 Å². The standard InChI is InChI=1S/C13H13NO2/c1-10(2)16-13(15)7-6-11-4-3-5-12(8-11)9-14/h3-8,10H,1-2H3. The lowest BCUT2D eigenvalue weighted by atomic mass is 10.1. The number of benzene rings is 1. The van der Waals surface area contributed by atoms with Gasteiger partial charge >= 0.3 is 5.97 Å². The van der Waals surface area contributed by atoms with E-state index in [0.29, 0.717) is 5.56 Å². The molecular weight excluding hydrogens is 202 g/mol. The monoisotopic (exact) mass is 215 g/mol. The lowest BCUT2D eigenvalue weighted by molar-refractivity contribution is -0.141. The summed E-state index contributed by atoms with van der Waals surface area (Å²) in [6.45, 7) is 3.59. The molecule has 3 nitrogen and oxygen atoms in total. The molecule has 1 aromatic carbocycles. The summed E-state index contributed by atoms with van der Waals surface area (Å²) in [4.78, 5) is 11.2. The van der Waals surface area contributed by atoms with E-state index in [1.165, 1.54) is 6.08 Å². The molecule has 0 fully saturated rings. The number of nitriles is 1. The quantitative estimate of drug-likeness (QED) is 0.575. The third kappa shape index (κ3) is 3.97. The van der Waals surface area contributed by atoms with Crippen LogP contribution in [0, 0.1) is 11.3 Å². The van der Waals surface area contributed by atoms with Crippen LogP contribution in [0.5, 0.6) is 0 Å². The Hall–Kier alpha value is -2.08. The van der Waals surface area contributed by atoms with Crippen molar-refractivity contribution in [3.8, 4) is 6.07 Å². The second kappa shape index (κ2) is 5.72. The van der Waals surface area contributed by atoms with Gasteiger partial charge in [-0.2, -0.15) is 5.26 Å². The van der Waals surface area contributed by atoms with E-state index in [9.17, 15) is 4.79 Å². The Morgan fingerprint density at radius 3 is 2.88 bits per heavy atom. The fourth-order valence-electron chi connectivity index (χ4n) is 1.15. The van der Waals surface area contributed by atoms with Gasteiger partial charge < -0.3 is 4.74 Å². The average molecular weight is 215 g/mol. The van der Waals surface area contributed by atoms with Gasteiger partial charge in [-0.15, -0.1) is 0 Å². The van der Waals surface area contributed by atoms with Gasteiger partial charge in [0.05, 0.1) is 17.7 Å². The number of nitrogens with zero attached hydrogens (tertiary/aromatic N) is 1. The predicted octanol–water partition coefficient (Wildman–Crippen LogP) is 2.52. The van der Waals surface area contributed by atoms with Crippen LogP contribution in [0.2, 0.25) is 0 Å². The van der Waals surface area contributed by atoms with E-state index >= 15 is 0 Å². The SMILES string of the molecule is CC(C)OC(=O)C=Cc1cccc(C#N)c1. The van der Waals surface area contributed by atoms with Gasteiger partial charge in [-0.1, -0.05) is 12.1 Å². The number of hydrogen-bond donors (Lipinski definition) is 0. The number of rotatable bonds is 3. The van der Waals surface area contributed by atoms with Crippen LogP contribution >= 0.6 is 0 Å². The van der Waals surface area contributed by atoms with Crippen molar-refractivity contribution in [2.45, 2.75) is 20.0 Å². The van der Waals surface area contributed by atoms with E-state index in [0.717, 1.165) is 5.56 Å². The highest BCUT2D eigenvalue weighted by Crippen LogP contribution is 2.06. The first-order valence-corrected chi connectivity index (χ1v) is 5.00. The number of ether oxygens (including phenoxy) is 1. The third-order valence-corrected chi connectivity index (χ3v) is 1.78. The van der Waals surface area contributed by atoms with Gasteiger partial charge in [0, 0.05) is 6.08 Å². The first-order chi connectivity index (χ1) is 7.61. The Bertz CT molecular complexity index is 441. The molecule has 0 saturated carbocycles. The van der Waals surface area contributed by atoms with Crippen molar-refractivity contribution in [2.24, 2.45) is 0 Å². The van der Waals surface area contributed by atoms with Crippen LogP contribution in [-0.2, 0) is 9.53 Å². The average Bonchev–Trinajstić information content (AvgIpc) is 2.26. The van der Waals surface area contributed by atoms with Gasteiger partial charge in [0.2, 0.25) is 0 Å². The molecule has 0 aliphatic rings. The number of carbonyl (C=O) groups is 1. The summed E-state index contributed by atoms with van der Waals surface area (Å²) in [7, 11) is 0. The predicted molar refractivity (Wildman–Crippen MR) is 61.4 cm³/mol. The van der Waals surface area contributed by atoms with Gasteiger partial charge in [0.15, 0.2) is 0 Å². The normalized spacial score (nSPS) is 10.4. The highest BCUT2D eigenvalue weighted by Gasteiger charge is 1.99. The third-order valence-electron chi connectivity index (χ3n) is 1.78. The van der Waals surface area contributed by atoms with Gasteiger partial charge in [-0.25, -0.2) is 4.79 Å². The molecular formula is C13H13NO2. The molecule has 0 atom stereocenters. The van der Waals surface area contributed by atoms with Crippen molar-refractivity contribution < 1.29 is 9.53 Å². The molecule has 0 heterocycles. The highest BCUT2D eigenvalue weighted by molar-refractivity contribution is 5.87. The maximum Gasteiger partial charge on any atom is 0.331 e. The number of esters is 1. The van der Waals surface area contributed by atoms with Crippen molar-refractivity contribution >= 4 is 12.0 Å². The molecule has 0 saturated heterocycles.